The summed E-state index contributed by atoms with van der Waals surface area (Å²) in [7, 11) is 8.30. The molecule has 0 aliphatic heterocycles. The first-order chi connectivity index (χ1) is 19.2. The Labute approximate surface area is 233 Å². The van der Waals surface area contributed by atoms with E-state index in [4.69, 9.17) is 19.9 Å². The van der Waals surface area contributed by atoms with E-state index in [-0.39, 0.29) is 22.6 Å². The molecule has 0 fully saturated rings. The molecule has 3 amide bonds. The minimum atomic E-state index is -0.503. The van der Waals surface area contributed by atoms with Crippen molar-refractivity contribution in [1.82, 2.24) is 10.2 Å². The molecule has 3 aromatic carbocycles. The van der Waals surface area contributed by atoms with Gasteiger partial charge >= 0.3 is 0 Å². The summed E-state index contributed by atoms with van der Waals surface area (Å²) in [6.45, 7) is 1.33. The fraction of sp³-hybridized carbons (Fsp3) is 0.276. The maximum atomic E-state index is 13.3. The molecule has 0 saturated carbocycles. The van der Waals surface area contributed by atoms with Gasteiger partial charge in [0.1, 0.15) is 17.2 Å². The lowest BCUT2D eigenvalue weighted by molar-refractivity contribution is 0.0947. The monoisotopic (exact) mass is 549 g/mol. The van der Waals surface area contributed by atoms with Gasteiger partial charge in [0.05, 0.1) is 38.0 Å². The number of methoxy groups -OCH3 is 3. The van der Waals surface area contributed by atoms with Gasteiger partial charge in [0.25, 0.3) is 17.7 Å². The maximum Gasteiger partial charge on any atom is 0.259 e. The number of nitrogen functional groups attached to an aromatic ring is 1. The molecular formula is C29H35N5O6. The molecule has 212 valence electrons. The average molecular weight is 550 g/mol. The fourth-order valence-corrected chi connectivity index (χ4v) is 3.92. The Morgan fingerprint density at radius 2 is 1.15 bits per heavy atom. The summed E-state index contributed by atoms with van der Waals surface area (Å²) in [5.41, 5.74) is 7.68. The number of hydrogen-bond donors (Lipinski definition) is 4. The minimum Gasteiger partial charge on any atom is -0.496 e. The van der Waals surface area contributed by atoms with Crippen LogP contribution in [-0.2, 0) is 0 Å². The zero-order valence-electron chi connectivity index (χ0n) is 23.3. The van der Waals surface area contributed by atoms with Crippen LogP contribution in [0.15, 0.2) is 54.6 Å². The number of hydrogen-bond acceptors (Lipinski definition) is 8. The molecular weight excluding hydrogens is 514 g/mol. The Bertz CT molecular complexity index is 1380. The van der Waals surface area contributed by atoms with Crippen LogP contribution in [0.4, 0.5) is 17.1 Å². The third kappa shape index (κ3) is 7.64. The number of carbonyl (C=O) groups excluding carboxylic acids is 3. The van der Waals surface area contributed by atoms with Gasteiger partial charge in [-0.05, 0) is 81.7 Å². The van der Waals surface area contributed by atoms with E-state index in [2.05, 4.69) is 16.0 Å². The van der Waals surface area contributed by atoms with Crippen molar-refractivity contribution in [2.45, 2.75) is 6.42 Å². The molecule has 0 unspecified atom stereocenters. The standard InChI is InChI=1S/C29H35N5O6/c1-34(2)14-6-13-31-27(35)22-16-19(8-11-25(22)39-4)33-29(37)23-17-20(9-12-26(23)40-5)32-28(36)21-15-18(30)7-10-24(21)38-3/h7-12,15-17H,6,13-14,30H2,1-5H3,(H,31,35)(H,32,36)(H,33,37). The third-order valence-electron chi connectivity index (χ3n) is 5.94. The summed E-state index contributed by atoms with van der Waals surface area (Å²) in [6.07, 6.45) is 0.786. The van der Waals surface area contributed by atoms with Gasteiger partial charge in [-0.1, -0.05) is 0 Å². The van der Waals surface area contributed by atoms with E-state index in [9.17, 15) is 14.4 Å². The van der Waals surface area contributed by atoms with Crippen LogP contribution in [0.2, 0.25) is 0 Å². The average Bonchev–Trinajstić information content (AvgIpc) is 2.94. The molecule has 0 aliphatic rings. The molecule has 0 spiro atoms. The maximum absolute atomic E-state index is 13.3. The number of ether oxygens (including phenoxy) is 3. The van der Waals surface area contributed by atoms with Gasteiger partial charge < -0.3 is 40.8 Å². The van der Waals surface area contributed by atoms with Gasteiger partial charge in [-0.2, -0.15) is 0 Å². The van der Waals surface area contributed by atoms with Crippen LogP contribution in [0.5, 0.6) is 17.2 Å². The molecule has 0 heterocycles. The lowest BCUT2D eigenvalue weighted by atomic mass is 10.1. The summed E-state index contributed by atoms with van der Waals surface area (Å²) in [6, 6.07) is 14.2. The molecule has 3 rings (SSSR count). The smallest absolute Gasteiger partial charge is 0.259 e. The molecule has 5 N–H and O–H groups in total. The predicted molar refractivity (Wildman–Crippen MR) is 155 cm³/mol. The molecule has 11 heteroatoms. The molecule has 3 aromatic rings. The summed E-state index contributed by atoms with van der Waals surface area (Å²) in [4.78, 5) is 41.1. The molecule has 0 aromatic heterocycles. The van der Waals surface area contributed by atoms with E-state index >= 15 is 0 Å². The summed E-state index contributed by atoms with van der Waals surface area (Å²) >= 11 is 0. The first kappa shape index (κ1) is 29.8. The summed E-state index contributed by atoms with van der Waals surface area (Å²) < 4.78 is 16.0. The first-order valence-electron chi connectivity index (χ1n) is 12.5. The van der Waals surface area contributed by atoms with Crippen molar-refractivity contribution >= 4 is 34.8 Å². The van der Waals surface area contributed by atoms with E-state index in [0.29, 0.717) is 40.9 Å². The van der Waals surface area contributed by atoms with Gasteiger partial charge in [-0.25, -0.2) is 0 Å². The van der Waals surface area contributed by atoms with Gasteiger partial charge in [0.2, 0.25) is 0 Å². The van der Waals surface area contributed by atoms with Gasteiger partial charge in [0.15, 0.2) is 0 Å². The van der Waals surface area contributed by atoms with Crippen molar-refractivity contribution in [2.75, 3.05) is 64.9 Å². The Morgan fingerprint density at radius 1 is 0.700 bits per heavy atom. The third-order valence-corrected chi connectivity index (χ3v) is 5.94. The number of amides is 3. The van der Waals surface area contributed by atoms with Gasteiger partial charge in [0, 0.05) is 23.6 Å². The van der Waals surface area contributed by atoms with Crippen molar-refractivity contribution in [3.63, 3.8) is 0 Å². The highest BCUT2D eigenvalue weighted by atomic mass is 16.5. The molecule has 0 aliphatic carbocycles. The fourth-order valence-electron chi connectivity index (χ4n) is 3.92. The van der Waals surface area contributed by atoms with Crippen LogP contribution in [0, 0.1) is 0 Å². The largest absolute Gasteiger partial charge is 0.496 e. The number of nitrogens with zero attached hydrogens (tertiary/aromatic N) is 1. The van der Waals surface area contributed by atoms with Crippen molar-refractivity contribution in [2.24, 2.45) is 0 Å². The highest BCUT2D eigenvalue weighted by Crippen LogP contribution is 2.28. The summed E-state index contributed by atoms with van der Waals surface area (Å²) in [5, 5.41) is 8.42. The normalized spacial score (nSPS) is 10.6. The SMILES string of the molecule is COc1ccc(NC(=O)c2cc(NC(=O)c3cc(N)ccc3OC)ccc2OC)cc1C(=O)NCCCN(C)C. The number of carbonyl (C=O) groups is 3. The Morgan fingerprint density at radius 3 is 1.62 bits per heavy atom. The lowest BCUT2D eigenvalue weighted by Crippen LogP contribution is -2.27. The van der Waals surface area contributed by atoms with Crippen molar-refractivity contribution < 1.29 is 28.6 Å². The number of rotatable bonds is 12. The van der Waals surface area contributed by atoms with Crippen LogP contribution >= 0.6 is 0 Å². The number of benzene rings is 3. The Hall–Kier alpha value is -4.77. The van der Waals surface area contributed by atoms with E-state index in [1.807, 2.05) is 19.0 Å². The molecule has 40 heavy (non-hydrogen) atoms. The van der Waals surface area contributed by atoms with Crippen LogP contribution in [-0.4, -0.2) is 71.1 Å². The summed E-state index contributed by atoms with van der Waals surface area (Å²) in [5.74, 6) is -0.248. The second-order valence-electron chi connectivity index (χ2n) is 9.11. The van der Waals surface area contributed by atoms with Crippen LogP contribution in [0.25, 0.3) is 0 Å². The van der Waals surface area contributed by atoms with Crippen LogP contribution in [0.3, 0.4) is 0 Å². The lowest BCUT2D eigenvalue weighted by Gasteiger charge is -2.15. The Kier molecular flexibility index (Phi) is 10.3. The van der Waals surface area contributed by atoms with Crippen LogP contribution in [0.1, 0.15) is 37.5 Å². The number of anilines is 3. The molecule has 0 atom stereocenters. The highest BCUT2D eigenvalue weighted by molar-refractivity contribution is 6.10. The van der Waals surface area contributed by atoms with E-state index in [1.54, 1.807) is 42.5 Å². The zero-order valence-corrected chi connectivity index (χ0v) is 23.3. The molecule has 0 bridgehead atoms. The second kappa shape index (κ2) is 13.9. The minimum absolute atomic E-state index is 0.172. The molecule has 0 radical (unpaired) electrons. The van der Waals surface area contributed by atoms with E-state index in [1.165, 1.54) is 33.5 Å². The zero-order chi connectivity index (χ0) is 29.2. The van der Waals surface area contributed by atoms with E-state index < -0.39 is 11.8 Å². The number of nitrogens with two attached hydrogens (primary N) is 1. The topological polar surface area (TPSA) is 144 Å². The van der Waals surface area contributed by atoms with E-state index in [0.717, 1.165) is 13.0 Å². The first-order valence-corrected chi connectivity index (χ1v) is 12.5. The number of nitrogens with one attached hydrogen (secondary N) is 3. The predicted octanol–water partition coefficient (Wildman–Crippen LogP) is 3.48. The van der Waals surface area contributed by atoms with Crippen LogP contribution < -0.4 is 35.9 Å². The van der Waals surface area contributed by atoms with Crippen molar-refractivity contribution in [3.8, 4) is 17.2 Å². The molecule has 0 saturated heterocycles. The van der Waals surface area contributed by atoms with Gasteiger partial charge in [-0.3, -0.25) is 14.4 Å². The second-order valence-corrected chi connectivity index (χ2v) is 9.11. The highest BCUT2D eigenvalue weighted by Gasteiger charge is 2.19. The quantitative estimate of drug-likeness (QED) is 0.199. The van der Waals surface area contributed by atoms with Crippen molar-refractivity contribution in [3.05, 3.63) is 71.3 Å². The molecule has 11 nitrogen and oxygen atoms in total. The Balaban J connectivity index is 1.80. The van der Waals surface area contributed by atoms with Crippen molar-refractivity contribution in [1.29, 1.82) is 0 Å². The van der Waals surface area contributed by atoms with Gasteiger partial charge in [-0.15, -0.1) is 0 Å².